The molecule has 2 aromatic rings. The van der Waals surface area contributed by atoms with E-state index in [-0.39, 0.29) is 11.9 Å². The maximum absolute atomic E-state index is 12.3. The Balaban J connectivity index is 1.52. The van der Waals surface area contributed by atoms with Crippen LogP contribution in [0.3, 0.4) is 0 Å². The molecule has 2 unspecified atom stereocenters. The van der Waals surface area contributed by atoms with E-state index in [2.05, 4.69) is 35.0 Å². The van der Waals surface area contributed by atoms with Gasteiger partial charge in [0.25, 0.3) is 0 Å². The van der Waals surface area contributed by atoms with Crippen LogP contribution in [-0.2, 0) is 11.3 Å². The van der Waals surface area contributed by atoms with Gasteiger partial charge < -0.3 is 10.2 Å². The molecule has 1 aliphatic rings. The molecular weight excluding hydrogens is 326 g/mol. The molecule has 0 aliphatic carbocycles. The maximum Gasteiger partial charge on any atom is 0.238 e. The molecule has 3 rings (SSSR count). The summed E-state index contributed by atoms with van der Waals surface area (Å²) in [6.45, 7) is 4.78. The molecule has 26 heavy (non-hydrogen) atoms. The van der Waals surface area contributed by atoms with Crippen LogP contribution in [-0.4, -0.2) is 30.0 Å². The van der Waals surface area contributed by atoms with Gasteiger partial charge in [0, 0.05) is 31.5 Å². The highest BCUT2D eigenvalue weighted by Crippen LogP contribution is 2.21. The molecule has 0 spiro atoms. The Morgan fingerprint density at radius 2 is 2.00 bits per heavy atom. The normalized spacial score (nSPS) is 19.5. The molecule has 0 saturated carbocycles. The first kappa shape index (κ1) is 18.4. The molecular formula is C20H27N5O. The zero-order chi connectivity index (χ0) is 18.5. The SMILES string of the molecule is CC(C)C1CC(C(=O)NCc2ccc(N(C)c3ccccc3)nc2)NN1. The van der Waals surface area contributed by atoms with Crippen molar-refractivity contribution >= 4 is 17.4 Å². The van der Waals surface area contributed by atoms with E-state index in [4.69, 9.17) is 0 Å². The van der Waals surface area contributed by atoms with Gasteiger partial charge in [-0.1, -0.05) is 38.1 Å². The number of benzene rings is 1. The molecule has 1 amide bonds. The number of hydrazine groups is 1. The fourth-order valence-electron chi connectivity index (χ4n) is 3.01. The van der Waals surface area contributed by atoms with Crippen molar-refractivity contribution in [3.05, 3.63) is 54.2 Å². The van der Waals surface area contributed by atoms with Gasteiger partial charge in [-0.15, -0.1) is 0 Å². The van der Waals surface area contributed by atoms with Crippen LogP contribution in [0.25, 0.3) is 0 Å². The van der Waals surface area contributed by atoms with Crippen molar-refractivity contribution in [3.8, 4) is 0 Å². The summed E-state index contributed by atoms with van der Waals surface area (Å²) in [4.78, 5) is 18.8. The molecule has 1 aliphatic heterocycles. The Morgan fingerprint density at radius 3 is 2.62 bits per heavy atom. The van der Waals surface area contributed by atoms with Crippen LogP contribution in [0, 0.1) is 5.92 Å². The summed E-state index contributed by atoms with van der Waals surface area (Å²) < 4.78 is 0. The second-order valence-corrected chi connectivity index (χ2v) is 7.06. The van der Waals surface area contributed by atoms with Gasteiger partial charge in [-0.25, -0.2) is 10.4 Å². The molecule has 2 atom stereocenters. The largest absolute Gasteiger partial charge is 0.351 e. The lowest BCUT2D eigenvalue weighted by atomic mass is 9.99. The smallest absolute Gasteiger partial charge is 0.238 e. The second-order valence-electron chi connectivity index (χ2n) is 7.06. The Morgan fingerprint density at radius 1 is 1.23 bits per heavy atom. The number of anilines is 2. The van der Waals surface area contributed by atoms with Gasteiger partial charge >= 0.3 is 0 Å². The van der Waals surface area contributed by atoms with Crippen LogP contribution in [0.2, 0.25) is 0 Å². The molecule has 0 radical (unpaired) electrons. The van der Waals surface area contributed by atoms with Gasteiger partial charge in [0.1, 0.15) is 11.9 Å². The number of aromatic nitrogens is 1. The lowest BCUT2D eigenvalue weighted by Crippen LogP contribution is -2.43. The highest BCUT2D eigenvalue weighted by atomic mass is 16.2. The minimum Gasteiger partial charge on any atom is -0.351 e. The molecule has 1 aromatic heterocycles. The number of carbonyl (C=O) groups excluding carboxylic acids is 1. The van der Waals surface area contributed by atoms with Crippen molar-refractivity contribution < 1.29 is 4.79 Å². The van der Waals surface area contributed by atoms with E-state index >= 15 is 0 Å². The summed E-state index contributed by atoms with van der Waals surface area (Å²) in [5, 5.41) is 2.99. The topological polar surface area (TPSA) is 69.3 Å². The van der Waals surface area contributed by atoms with Gasteiger partial charge in [0.15, 0.2) is 0 Å². The third-order valence-electron chi connectivity index (χ3n) is 4.82. The first-order chi connectivity index (χ1) is 12.5. The predicted octanol–water partition coefficient (Wildman–Crippen LogP) is 2.36. The molecule has 6 heteroatoms. The van der Waals surface area contributed by atoms with E-state index in [0.29, 0.717) is 18.5 Å². The number of nitrogens with one attached hydrogen (secondary N) is 3. The predicted molar refractivity (Wildman–Crippen MR) is 104 cm³/mol. The van der Waals surface area contributed by atoms with Crippen molar-refractivity contribution in [1.82, 2.24) is 21.2 Å². The van der Waals surface area contributed by atoms with E-state index in [1.54, 1.807) is 0 Å². The second kappa shape index (κ2) is 8.29. The average Bonchev–Trinajstić information content (AvgIpc) is 3.17. The molecule has 1 fully saturated rings. The van der Waals surface area contributed by atoms with Crippen LogP contribution >= 0.6 is 0 Å². The number of amides is 1. The molecule has 0 bridgehead atoms. The Kier molecular flexibility index (Phi) is 5.85. The van der Waals surface area contributed by atoms with Crippen LogP contribution in [0.4, 0.5) is 11.5 Å². The van der Waals surface area contributed by atoms with E-state index in [1.807, 2.05) is 60.6 Å². The van der Waals surface area contributed by atoms with Crippen LogP contribution in [0.15, 0.2) is 48.7 Å². The number of pyridine rings is 1. The van der Waals surface area contributed by atoms with Crippen molar-refractivity contribution in [2.45, 2.75) is 38.9 Å². The third-order valence-corrected chi connectivity index (χ3v) is 4.82. The molecule has 1 saturated heterocycles. The number of rotatable bonds is 6. The molecule has 2 heterocycles. The fraction of sp³-hybridized carbons (Fsp3) is 0.400. The van der Waals surface area contributed by atoms with Gasteiger partial charge in [-0.05, 0) is 36.1 Å². The summed E-state index contributed by atoms with van der Waals surface area (Å²) in [5.41, 5.74) is 8.34. The van der Waals surface area contributed by atoms with Gasteiger partial charge in [-0.3, -0.25) is 10.2 Å². The molecule has 1 aromatic carbocycles. The van der Waals surface area contributed by atoms with Gasteiger partial charge in [0.05, 0.1) is 0 Å². The number of hydrogen-bond acceptors (Lipinski definition) is 5. The van der Waals surface area contributed by atoms with Gasteiger partial charge in [0.2, 0.25) is 5.91 Å². The van der Waals surface area contributed by atoms with E-state index in [1.165, 1.54) is 0 Å². The fourth-order valence-corrected chi connectivity index (χ4v) is 3.01. The Hall–Kier alpha value is -2.44. The highest BCUT2D eigenvalue weighted by Gasteiger charge is 2.30. The number of hydrogen-bond donors (Lipinski definition) is 3. The monoisotopic (exact) mass is 353 g/mol. The third kappa shape index (κ3) is 4.39. The zero-order valence-corrected chi connectivity index (χ0v) is 15.6. The minimum absolute atomic E-state index is 0.0196. The van der Waals surface area contributed by atoms with E-state index < -0.39 is 0 Å². The van der Waals surface area contributed by atoms with Gasteiger partial charge in [-0.2, -0.15) is 0 Å². The van der Waals surface area contributed by atoms with Crippen molar-refractivity contribution in [1.29, 1.82) is 0 Å². The number of nitrogens with zero attached hydrogens (tertiary/aromatic N) is 2. The molecule has 3 N–H and O–H groups in total. The summed E-state index contributed by atoms with van der Waals surface area (Å²) in [5.74, 6) is 1.39. The summed E-state index contributed by atoms with van der Waals surface area (Å²) >= 11 is 0. The standard InChI is InChI=1S/C20H27N5O/c1-14(2)17-11-18(24-23-17)20(26)22-13-15-9-10-19(21-12-15)25(3)16-7-5-4-6-8-16/h4-10,12,14,17-18,23-24H,11,13H2,1-3H3,(H,22,26). The first-order valence-corrected chi connectivity index (χ1v) is 9.07. The number of para-hydroxylation sites is 1. The Labute approximate surface area is 155 Å². The lowest BCUT2D eigenvalue weighted by Gasteiger charge is -2.18. The average molecular weight is 353 g/mol. The van der Waals surface area contributed by atoms with E-state index in [9.17, 15) is 4.79 Å². The highest BCUT2D eigenvalue weighted by molar-refractivity contribution is 5.82. The van der Waals surface area contributed by atoms with Crippen LogP contribution in [0.5, 0.6) is 0 Å². The van der Waals surface area contributed by atoms with Crippen molar-refractivity contribution in [2.75, 3.05) is 11.9 Å². The quantitative estimate of drug-likeness (QED) is 0.744. The van der Waals surface area contributed by atoms with Crippen LogP contribution < -0.4 is 21.1 Å². The maximum atomic E-state index is 12.3. The van der Waals surface area contributed by atoms with E-state index in [0.717, 1.165) is 23.5 Å². The Bertz CT molecular complexity index is 717. The summed E-state index contributed by atoms with van der Waals surface area (Å²) in [6.07, 6.45) is 2.62. The zero-order valence-electron chi connectivity index (χ0n) is 15.6. The first-order valence-electron chi connectivity index (χ1n) is 9.07. The van der Waals surface area contributed by atoms with Crippen molar-refractivity contribution in [2.24, 2.45) is 5.92 Å². The molecule has 138 valence electrons. The summed E-state index contributed by atoms with van der Waals surface area (Å²) in [7, 11) is 1.99. The van der Waals surface area contributed by atoms with Crippen LogP contribution in [0.1, 0.15) is 25.8 Å². The summed E-state index contributed by atoms with van der Waals surface area (Å²) in [6, 6.07) is 14.2. The minimum atomic E-state index is -0.182. The van der Waals surface area contributed by atoms with Crippen molar-refractivity contribution in [3.63, 3.8) is 0 Å². The number of carbonyl (C=O) groups is 1. The lowest BCUT2D eigenvalue weighted by molar-refractivity contribution is -0.123. The molecule has 6 nitrogen and oxygen atoms in total.